The summed E-state index contributed by atoms with van der Waals surface area (Å²) in [5, 5.41) is 0. The molecule has 0 aliphatic rings. The van der Waals surface area contributed by atoms with Gasteiger partial charge < -0.3 is 14.7 Å². The van der Waals surface area contributed by atoms with Gasteiger partial charge in [0.2, 0.25) is 0 Å². The van der Waals surface area contributed by atoms with Gasteiger partial charge >= 0.3 is 0 Å². The minimum Gasteiger partial charge on any atom is -0.341 e. The normalized spacial score (nSPS) is 10.6. The summed E-state index contributed by atoms with van der Waals surface area (Å²) in [6, 6.07) is 59.4. The second-order valence-electron chi connectivity index (χ2n) is 9.55. The number of nitrogens with zero attached hydrogens (tertiary/aromatic N) is 3. The summed E-state index contributed by atoms with van der Waals surface area (Å²) in [5.41, 5.74) is 8.84. The van der Waals surface area contributed by atoms with Crippen molar-refractivity contribution in [3.05, 3.63) is 170 Å². The summed E-state index contributed by atoms with van der Waals surface area (Å²) in [5.74, 6) is 0. The lowest BCUT2D eigenvalue weighted by atomic mass is 10.1. The first-order valence-electron chi connectivity index (χ1n) is 13.5. The van der Waals surface area contributed by atoms with E-state index in [1.54, 1.807) is 0 Å². The Hall–Kier alpha value is -5.28. The maximum atomic E-state index is 2.32. The molecule has 6 aromatic carbocycles. The van der Waals surface area contributed by atoms with Crippen molar-refractivity contribution in [2.75, 3.05) is 21.7 Å². The summed E-state index contributed by atoms with van der Waals surface area (Å²) in [4.78, 5) is 6.93. The molecule has 6 rings (SSSR count). The number of hydrogen-bond donors (Lipinski definition) is 0. The van der Waals surface area contributed by atoms with Crippen LogP contribution in [0.4, 0.5) is 45.5 Å². The molecule has 0 amide bonds. The molecule has 6 aromatic rings. The zero-order valence-corrected chi connectivity index (χ0v) is 22.5. The number of rotatable bonds is 8. The van der Waals surface area contributed by atoms with Gasteiger partial charge in [-0.15, -0.1) is 0 Å². The van der Waals surface area contributed by atoms with E-state index in [-0.39, 0.29) is 0 Å². The first kappa shape index (κ1) is 25.0. The number of benzene rings is 6. The third kappa shape index (κ3) is 5.05. The second kappa shape index (κ2) is 11.6. The van der Waals surface area contributed by atoms with Gasteiger partial charge in [0.1, 0.15) is 0 Å². The van der Waals surface area contributed by atoms with Crippen LogP contribution in [0.1, 0.15) is 0 Å². The smallest absolute Gasteiger partial charge is 0.0698 e. The molecule has 40 heavy (non-hydrogen) atoms. The molecule has 0 unspecified atom stereocenters. The fourth-order valence-corrected chi connectivity index (χ4v) is 5.17. The van der Waals surface area contributed by atoms with E-state index >= 15 is 0 Å². The summed E-state index contributed by atoms with van der Waals surface area (Å²) >= 11 is 0. The molecule has 0 bridgehead atoms. The largest absolute Gasteiger partial charge is 0.341 e. The summed E-state index contributed by atoms with van der Waals surface area (Å²) in [7, 11) is 2.15. The molecule has 0 aliphatic heterocycles. The minimum atomic E-state index is 1.10. The van der Waals surface area contributed by atoms with E-state index < -0.39 is 0 Å². The highest BCUT2D eigenvalue weighted by molar-refractivity contribution is 5.92. The highest BCUT2D eigenvalue weighted by Crippen LogP contribution is 2.46. The molecule has 0 atom stereocenters. The summed E-state index contributed by atoms with van der Waals surface area (Å²) in [6.07, 6.45) is 0. The molecule has 0 fully saturated rings. The quantitative estimate of drug-likeness (QED) is 0.199. The van der Waals surface area contributed by atoms with Crippen LogP contribution >= 0.6 is 0 Å². The molecular weight excluding hydrogens is 486 g/mol. The van der Waals surface area contributed by atoms with E-state index in [1.807, 2.05) is 0 Å². The van der Waals surface area contributed by atoms with Crippen molar-refractivity contribution in [3.8, 4) is 0 Å². The molecule has 0 saturated carbocycles. The van der Waals surface area contributed by atoms with Crippen molar-refractivity contribution in [1.29, 1.82) is 0 Å². The lowest BCUT2D eigenvalue weighted by molar-refractivity contribution is 1.16. The molecule has 0 spiro atoms. The van der Waals surface area contributed by atoms with Gasteiger partial charge in [-0.25, -0.2) is 0 Å². The fourth-order valence-electron chi connectivity index (χ4n) is 5.17. The van der Waals surface area contributed by atoms with Crippen LogP contribution in [0.2, 0.25) is 0 Å². The Kier molecular flexibility index (Phi) is 7.27. The second-order valence-corrected chi connectivity index (χ2v) is 9.55. The maximum absolute atomic E-state index is 2.32. The molecule has 0 N–H and O–H groups in total. The number of anilines is 8. The molecule has 3 nitrogen and oxygen atoms in total. The summed E-state index contributed by atoms with van der Waals surface area (Å²) < 4.78 is 0. The van der Waals surface area contributed by atoms with Gasteiger partial charge in [-0.3, -0.25) is 0 Å². The molecule has 3 heteroatoms. The molecular formula is C37H31N3. The van der Waals surface area contributed by atoms with E-state index in [1.165, 1.54) is 0 Å². The monoisotopic (exact) mass is 517 g/mol. The third-order valence-electron chi connectivity index (χ3n) is 7.03. The maximum Gasteiger partial charge on any atom is 0.0698 e. The number of hydrogen-bond acceptors (Lipinski definition) is 3. The summed E-state index contributed by atoms with van der Waals surface area (Å²) in [6.45, 7) is 0. The Morgan fingerprint density at radius 2 is 0.500 bits per heavy atom. The van der Waals surface area contributed by atoms with E-state index in [9.17, 15) is 0 Å². The minimum absolute atomic E-state index is 1.10. The van der Waals surface area contributed by atoms with Crippen LogP contribution in [0.25, 0.3) is 0 Å². The van der Waals surface area contributed by atoms with Gasteiger partial charge in [0, 0.05) is 29.8 Å². The van der Waals surface area contributed by atoms with E-state index in [0.717, 1.165) is 45.5 Å². The predicted molar refractivity (Wildman–Crippen MR) is 170 cm³/mol. The Bertz CT molecular complexity index is 1450. The van der Waals surface area contributed by atoms with Crippen LogP contribution < -0.4 is 14.7 Å². The Balaban J connectivity index is 1.51. The Labute approximate surface area is 236 Å². The van der Waals surface area contributed by atoms with Crippen LogP contribution in [0.5, 0.6) is 0 Å². The van der Waals surface area contributed by atoms with Crippen LogP contribution in [-0.2, 0) is 0 Å². The molecule has 194 valence electrons. The van der Waals surface area contributed by atoms with Crippen molar-refractivity contribution in [1.82, 2.24) is 0 Å². The lowest BCUT2D eigenvalue weighted by Crippen LogP contribution is -2.19. The Morgan fingerprint density at radius 3 is 0.775 bits per heavy atom. The zero-order chi connectivity index (χ0) is 27.1. The number of para-hydroxylation sites is 8. The highest BCUT2D eigenvalue weighted by atomic mass is 15.2. The topological polar surface area (TPSA) is 9.72 Å². The average molecular weight is 518 g/mol. The molecule has 0 heterocycles. The third-order valence-corrected chi connectivity index (χ3v) is 7.03. The fraction of sp³-hybridized carbons (Fsp3) is 0.0270. The molecule has 0 aromatic heterocycles. The SMILES string of the molecule is CN(c1ccccc1N(c1ccccc1)c1ccccc1)c1ccccc1N(c1ccccc1)c1ccccc1. The standard InChI is InChI=1S/C37H31N3/c1-38(34-26-14-16-28-36(34)39(30-18-6-2-7-19-30)31-20-8-3-9-21-31)35-27-15-17-29-37(35)40(32-22-10-4-11-23-32)33-24-12-5-13-25-33/h2-29H,1H3. The molecule has 0 radical (unpaired) electrons. The van der Waals surface area contributed by atoms with Crippen molar-refractivity contribution < 1.29 is 0 Å². The van der Waals surface area contributed by atoms with Gasteiger partial charge in [0.25, 0.3) is 0 Å². The van der Waals surface area contributed by atoms with Crippen molar-refractivity contribution in [2.24, 2.45) is 0 Å². The van der Waals surface area contributed by atoms with Crippen LogP contribution in [-0.4, -0.2) is 7.05 Å². The van der Waals surface area contributed by atoms with E-state index in [0.29, 0.717) is 0 Å². The van der Waals surface area contributed by atoms with Gasteiger partial charge in [-0.05, 0) is 72.8 Å². The first-order chi connectivity index (χ1) is 19.8. The van der Waals surface area contributed by atoms with Gasteiger partial charge in [0.15, 0.2) is 0 Å². The first-order valence-corrected chi connectivity index (χ1v) is 13.5. The van der Waals surface area contributed by atoms with Crippen LogP contribution in [0.15, 0.2) is 170 Å². The van der Waals surface area contributed by atoms with Crippen LogP contribution in [0.3, 0.4) is 0 Å². The van der Waals surface area contributed by atoms with E-state index in [4.69, 9.17) is 0 Å². The molecule has 0 saturated heterocycles. The van der Waals surface area contributed by atoms with Crippen molar-refractivity contribution >= 4 is 45.5 Å². The van der Waals surface area contributed by atoms with Crippen molar-refractivity contribution in [2.45, 2.75) is 0 Å². The lowest BCUT2D eigenvalue weighted by Gasteiger charge is -2.34. The van der Waals surface area contributed by atoms with Gasteiger partial charge in [-0.2, -0.15) is 0 Å². The van der Waals surface area contributed by atoms with Crippen LogP contribution in [0, 0.1) is 0 Å². The Morgan fingerprint density at radius 1 is 0.275 bits per heavy atom. The molecule has 0 aliphatic carbocycles. The predicted octanol–water partition coefficient (Wildman–Crippen LogP) is 10.4. The van der Waals surface area contributed by atoms with Gasteiger partial charge in [-0.1, -0.05) is 97.1 Å². The zero-order valence-electron chi connectivity index (χ0n) is 22.5. The van der Waals surface area contributed by atoms with E-state index in [2.05, 4.69) is 192 Å². The van der Waals surface area contributed by atoms with Gasteiger partial charge in [0.05, 0.1) is 22.7 Å². The van der Waals surface area contributed by atoms with Crippen molar-refractivity contribution in [3.63, 3.8) is 0 Å². The highest BCUT2D eigenvalue weighted by Gasteiger charge is 2.22. The average Bonchev–Trinajstić information content (AvgIpc) is 3.04.